The molecule has 1 atom stereocenters. The summed E-state index contributed by atoms with van der Waals surface area (Å²) in [6.45, 7) is 2.44. The first kappa shape index (κ1) is 19.3. The number of nitro benzene ring substituents is 1. The minimum atomic E-state index is -0.590. The van der Waals surface area contributed by atoms with E-state index in [2.05, 4.69) is 5.32 Å². The number of nitro groups is 1. The summed E-state index contributed by atoms with van der Waals surface area (Å²) < 4.78 is 21.3. The van der Waals surface area contributed by atoms with E-state index in [9.17, 15) is 14.9 Å². The molecule has 2 aromatic rings. The zero-order valence-corrected chi connectivity index (χ0v) is 15.5. The van der Waals surface area contributed by atoms with Crippen LogP contribution in [0.2, 0.25) is 0 Å². The van der Waals surface area contributed by atoms with E-state index in [1.54, 1.807) is 6.07 Å². The Kier molecular flexibility index (Phi) is 5.83. The molecule has 3 rings (SSSR count). The van der Waals surface area contributed by atoms with Gasteiger partial charge in [0.25, 0.3) is 5.91 Å². The Bertz CT molecular complexity index is 885. The van der Waals surface area contributed by atoms with Crippen molar-refractivity contribution < 1.29 is 28.7 Å². The monoisotopic (exact) mass is 388 g/mol. The molecule has 0 bridgehead atoms. The van der Waals surface area contributed by atoms with Crippen LogP contribution in [0.5, 0.6) is 23.0 Å². The smallest absolute Gasteiger partial charge is 0.314 e. The predicted molar refractivity (Wildman–Crippen MR) is 99.1 cm³/mol. The van der Waals surface area contributed by atoms with Crippen LogP contribution < -0.4 is 24.3 Å². The molecule has 28 heavy (non-hydrogen) atoms. The Hall–Kier alpha value is -3.49. The molecule has 1 aliphatic heterocycles. The van der Waals surface area contributed by atoms with Crippen molar-refractivity contribution in [3.63, 3.8) is 0 Å². The van der Waals surface area contributed by atoms with Gasteiger partial charge < -0.3 is 24.3 Å². The highest BCUT2D eigenvalue weighted by Crippen LogP contribution is 2.33. The normalized spacial score (nSPS) is 13.4. The maximum atomic E-state index is 12.2. The highest BCUT2D eigenvalue weighted by atomic mass is 16.6. The van der Waals surface area contributed by atoms with Gasteiger partial charge in [0.1, 0.15) is 19.0 Å². The van der Waals surface area contributed by atoms with E-state index in [1.165, 1.54) is 25.3 Å². The summed E-state index contributed by atoms with van der Waals surface area (Å²) in [6, 6.07) is 9.31. The molecule has 148 valence electrons. The van der Waals surface area contributed by atoms with Crippen LogP contribution in [0.3, 0.4) is 0 Å². The molecule has 1 aliphatic rings. The standard InChI is InChI=1S/C19H20N2O7/c1-12(13-3-5-17-18(9-13)27-8-7-26-17)20-19(22)11-28-16-6-4-14(25-2)10-15(16)21(23)24/h3-6,9-10,12H,7-8,11H2,1-2H3,(H,20,22). The van der Waals surface area contributed by atoms with Crippen LogP contribution in [0.15, 0.2) is 36.4 Å². The van der Waals surface area contributed by atoms with Crippen LogP contribution in [-0.2, 0) is 4.79 Å². The molecule has 1 amide bonds. The number of rotatable bonds is 7. The van der Waals surface area contributed by atoms with E-state index in [-0.39, 0.29) is 24.1 Å². The number of carbonyl (C=O) groups is 1. The molecule has 1 heterocycles. The fourth-order valence-electron chi connectivity index (χ4n) is 2.73. The summed E-state index contributed by atoms with van der Waals surface area (Å²) >= 11 is 0. The van der Waals surface area contributed by atoms with Crippen molar-refractivity contribution in [1.29, 1.82) is 0 Å². The van der Waals surface area contributed by atoms with Crippen molar-refractivity contribution in [1.82, 2.24) is 5.32 Å². The first-order valence-corrected chi connectivity index (χ1v) is 8.62. The molecule has 1 unspecified atom stereocenters. The van der Waals surface area contributed by atoms with Crippen LogP contribution >= 0.6 is 0 Å². The van der Waals surface area contributed by atoms with Crippen LogP contribution in [-0.4, -0.2) is 37.8 Å². The van der Waals surface area contributed by atoms with Crippen LogP contribution in [0.1, 0.15) is 18.5 Å². The van der Waals surface area contributed by atoms with Crippen LogP contribution in [0.25, 0.3) is 0 Å². The summed E-state index contributed by atoms with van der Waals surface area (Å²) in [6.07, 6.45) is 0. The molecular formula is C19H20N2O7. The Morgan fingerprint density at radius 1 is 1.21 bits per heavy atom. The van der Waals surface area contributed by atoms with Gasteiger partial charge in [0.2, 0.25) is 0 Å². The molecule has 2 aromatic carbocycles. The van der Waals surface area contributed by atoms with Crippen molar-refractivity contribution >= 4 is 11.6 Å². The third-order valence-corrected chi connectivity index (χ3v) is 4.17. The number of nitrogens with one attached hydrogen (secondary N) is 1. The number of methoxy groups -OCH3 is 1. The van der Waals surface area contributed by atoms with E-state index >= 15 is 0 Å². The lowest BCUT2D eigenvalue weighted by Gasteiger charge is -2.21. The molecule has 0 aromatic heterocycles. The van der Waals surface area contributed by atoms with Gasteiger partial charge in [-0.15, -0.1) is 0 Å². The van der Waals surface area contributed by atoms with Gasteiger partial charge in [-0.1, -0.05) is 6.07 Å². The molecule has 9 nitrogen and oxygen atoms in total. The maximum Gasteiger partial charge on any atom is 0.314 e. The lowest BCUT2D eigenvalue weighted by Crippen LogP contribution is -2.31. The maximum absolute atomic E-state index is 12.2. The van der Waals surface area contributed by atoms with E-state index in [1.807, 2.05) is 19.1 Å². The highest BCUT2D eigenvalue weighted by Gasteiger charge is 2.19. The van der Waals surface area contributed by atoms with Gasteiger partial charge in [0.05, 0.1) is 24.1 Å². The highest BCUT2D eigenvalue weighted by molar-refractivity contribution is 5.78. The van der Waals surface area contributed by atoms with E-state index in [4.69, 9.17) is 18.9 Å². The number of hydrogen-bond acceptors (Lipinski definition) is 7. The SMILES string of the molecule is COc1ccc(OCC(=O)NC(C)c2ccc3c(c2)OCCO3)c([N+](=O)[O-])c1. The lowest BCUT2D eigenvalue weighted by atomic mass is 10.1. The van der Waals surface area contributed by atoms with Gasteiger partial charge in [-0.3, -0.25) is 14.9 Å². The number of carbonyl (C=O) groups excluding carboxylic acids is 1. The van der Waals surface area contributed by atoms with Gasteiger partial charge in [-0.25, -0.2) is 0 Å². The average Bonchev–Trinajstić information content (AvgIpc) is 2.71. The molecule has 1 N–H and O–H groups in total. The second-order valence-electron chi connectivity index (χ2n) is 6.07. The molecule has 0 fully saturated rings. The van der Waals surface area contributed by atoms with Crippen molar-refractivity contribution in [2.24, 2.45) is 0 Å². The van der Waals surface area contributed by atoms with E-state index in [0.29, 0.717) is 30.5 Å². The van der Waals surface area contributed by atoms with Crippen LogP contribution in [0.4, 0.5) is 5.69 Å². The molecule has 0 spiro atoms. The fraction of sp³-hybridized carbons (Fsp3) is 0.316. The first-order valence-electron chi connectivity index (χ1n) is 8.62. The molecule has 0 saturated heterocycles. The number of nitrogens with zero attached hydrogens (tertiary/aromatic N) is 1. The Morgan fingerprint density at radius 2 is 1.96 bits per heavy atom. The van der Waals surface area contributed by atoms with E-state index in [0.717, 1.165) is 5.56 Å². The molecular weight excluding hydrogens is 368 g/mol. The fourth-order valence-corrected chi connectivity index (χ4v) is 2.73. The van der Waals surface area contributed by atoms with Gasteiger partial charge >= 0.3 is 5.69 Å². The zero-order valence-electron chi connectivity index (χ0n) is 15.5. The predicted octanol–water partition coefficient (Wildman–Crippen LogP) is 2.63. The minimum Gasteiger partial charge on any atom is -0.496 e. The number of benzene rings is 2. The minimum absolute atomic E-state index is 0.00654. The zero-order chi connectivity index (χ0) is 20.1. The van der Waals surface area contributed by atoms with Crippen molar-refractivity contribution in [3.05, 3.63) is 52.1 Å². The molecule has 0 saturated carbocycles. The van der Waals surface area contributed by atoms with Gasteiger partial charge in [-0.05, 0) is 36.8 Å². The second-order valence-corrected chi connectivity index (χ2v) is 6.07. The number of hydrogen-bond donors (Lipinski definition) is 1. The topological polar surface area (TPSA) is 109 Å². The van der Waals surface area contributed by atoms with Gasteiger partial charge in [0, 0.05) is 0 Å². The lowest BCUT2D eigenvalue weighted by molar-refractivity contribution is -0.385. The number of amides is 1. The largest absolute Gasteiger partial charge is 0.496 e. The molecule has 0 aliphatic carbocycles. The molecule has 9 heteroatoms. The Labute approximate surface area is 161 Å². The third-order valence-electron chi connectivity index (χ3n) is 4.17. The van der Waals surface area contributed by atoms with Crippen molar-refractivity contribution in [2.45, 2.75) is 13.0 Å². The summed E-state index contributed by atoms with van der Waals surface area (Å²) in [5, 5.41) is 14.0. The molecule has 0 radical (unpaired) electrons. The summed E-state index contributed by atoms with van der Waals surface area (Å²) in [7, 11) is 1.41. The van der Waals surface area contributed by atoms with Gasteiger partial charge in [0.15, 0.2) is 23.9 Å². The second kappa shape index (κ2) is 8.47. The third kappa shape index (κ3) is 4.43. The van der Waals surface area contributed by atoms with Gasteiger partial charge in [-0.2, -0.15) is 0 Å². The summed E-state index contributed by atoms with van der Waals surface area (Å²) in [5.74, 6) is 1.22. The quantitative estimate of drug-likeness (QED) is 0.573. The van der Waals surface area contributed by atoms with Crippen molar-refractivity contribution in [2.75, 3.05) is 26.9 Å². The van der Waals surface area contributed by atoms with E-state index < -0.39 is 10.8 Å². The number of fused-ring (bicyclic) bond motifs is 1. The first-order chi connectivity index (χ1) is 13.5. The van der Waals surface area contributed by atoms with Crippen LogP contribution in [0, 0.1) is 10.1 Å². The van der Waals surface area contributed by atoms with Crippen molar-refractivity contribution in [3.8, 4) is 23.0 Å². The summed E-state index contributed by atoms with van der Waals surface area (Å²) in [4.78, 5) is 22.8. The Balaban J connectivity index is 1.61. The summed E-state index contributed by atoms with van der Waals surface area (Å²) in [5.41, 5.74) is 0.570. The number of ether oxygens (including phenoxy) is 4. The Morgan fingerprint density at radius 3 is 2.68 bits per heavy atom. The average molecular weight is 388 g/mol.